The third kappa shape index (κ3) is 22.0. The summed E-state index contributed by atoms with van der Waals surface area (Å²) in [5.74, 6) is -2.30. The summed E-state index contributed by atoms with van der Waals surface area (Å²) in [6.45, 7) is 22.8. The molecule has 3 rings (SSSR count). The lowest BCUT2D eigenvalue weighted by atomic mass is 9.83. The average molecular weight is 1070 g/mol. The van der Waals surface area contributed by atoms with Gasteiger partial charge in [0.05, 0.1) is 43.1 Å². The lowest BCUT2D eigenvalue weighted by Gasteiger charge is -2.49. The molecule has 3 aliphatic rings. The fraction of sp³-hybridized carbons (Fsp3) is 0.851. The second kappa shape index (κ2) is 25.7. The van der Waals surface area contributed by atoms with E-state index in [1.807, 2.05) is 0 Å². The number of aliphatic hydroxyl groups is 4. The molecule has 0 spiro atoms. The normalized spacial score (nSPS) is 29.8. The lowest BCUT2D eigenvalue weighted by molar-refractivity contribution is -0.318. The Morgan fingerprint density at radius 2 is 0.892 bits per heavy atom. The number of hydrogen-bond donors (Lipinski definition) is 10. The van der Waals surface area contributed by atoms with Crippen molar-refractivity contribution in [2.24, 2.45) is 0 Å². The van der Waals surface area contributed by atoms with Gasteiger partial charge in [0.1, 0.15) is 77.3 Å². The first-order valence-electron chi connectivity index (χ1n) is 24.4. The average Bonchev–Trinajstić information content (AvgIpc) is 3.18. The van der Waals surface area contributed by atoms with Crippen LogP contribution >= 0.6 is 0 Å². The van der Waals surface area contributed by atoms with Crippen molar-refractivity contribution in [2.75, 3.05) is 13.2 Å². The highest BCUT2D eigenvalue weighted by molar-refractivity contribution is 5.76. The van der Waals surface area contributed by atoms with Gasteiger partial charge in [0.25, 0.3) is 0 Å². The smallest absolute Gasteiger partial charge is 0.408 e. The number of esters is 1. The van der Waals surface area contributed by atoms with Crippen LogP contribution in [-0.4, -0.2) is 195 Å². The number of aliphatic carboxylic acids is 1. The number of carboxylic acids is 1. The van der Waals surface area contributed by atoms with Gasteiger partial charge in [0, 0.05) is 13.0 Å². The number of carbonyl (C=O) groups excluding carboxylic acids is 6. The molecule has 27 heteroatoms. The first-order chi connectivity index (χ1) is 33.7. The van der Waals surface area contributed by atoms with Crippen LogP contribution in [-0.2, 0) is 57.0 Å². The molecule has 3 fully saturated rings. The molecular formula is C47H81N5O22. The predicted molar refractivity (Wildman–Crippen MR) is 255 cm³/mol. The van der Waals surface area contributed by atoms with E-state index >= 15 is 0 Å². The number of aliphatic hydroxyl groups excluding tert-OH is 4. The number of alkyl carbamates (subject to hydrolysis) is 5. The summed E-state index contributed by atoms with van der Waals surface area (Å²) in [5.41, 5.74) is -5.09. The van der Waals surface area contributed by atoms with E-state index in [0.29, 0.717) is 0 Å². The van der Waals surface area contributed by atoms with E-state index in [9.17, 15) is 54.0 Å². The fourth-order valence-corrected chi connectivity index (χ4v) is 7.60. The Kier molecular flexibility index (Phi) is 21.9. The van der Waals surface area contributed by atoms with Crippen molar-refractivity contribution in [1.82, 2.24) is 26.6 Å². The summed E-state index contributed by atoms with van der Waals surface area (Å²) < 4.78 is 57.5. The van der Waals surface area contributed by atoms with Crippen LogP contribution < -0.4 is 26.6 Å². The summed E-state index contributed by atoms with van der Waals surface area (Å²) in [6, 6.07) is -5.77. The highest BCUT2D eigenvalue weighted by atomic mass is 16.7. The highest BCUT2D eigenvalue weighted by Gasteiger charge is 2.54. The number of carbonyl (C=O) groups is 7. The second-order valence-electron chi connectivity index (χ2n) is 23.2. The van der Waals surface area contributed by atoms with Crippen LogP contribution in [0.15, 0.2) is 0 Å². The number of hydrogen-bond acceptors (Lipinski definition) is 21. The van der Waals surface area contributed by atoms with Gasteiger partial charge < -0.3 is 99.5 Å². The Morgan fingerprint density at radius 1 is 0.486 bits per heavy atom. The van der Waals surface area contributed by atoms with Gasteiger partial charge in [-0.2, -0.15) is 0 Å². The van der Waals surface area contributed by atoms with Crippen molar-refractivity contribution in [3.05, 3.63) is 0 Å². The third-order valence-corrected chi connectivity index (χ3v) is 10.4. The van der Waals surface area contributed by atoms with Crippen LogP contribution in [0.4, 0.5) is 24.0 Å². The molecule has 6 unspecified atom stereocenters. The molecule has 426 valence electrons. The zero-order valence-electron chi connectivity index (χ0n) is 45.0. The van der Waals surface area contributed by atoms with Crippen LogP contribution in [0.2, 0.25) is 0 Å². The maximum absolute atomic E-state index is 13.6. The number of carboxylic acid groups (broad SMARTS) is 1. The Morgan fingerprint density at radius 3 is 1.34 bits per heavy atom. The van der Waals surface area contributed by atoms with E-state index in [1.54, 1.807) is 104 Å². The number of rotatable bonds is 15. The number of nitrogens with one attached hydrogen (secondary N) is 5. The Hall–Kier alpha value is -5.03. The van der Waals surface area contributed by atoms with E-state index in [2.05, 4.69) is 26.6 Å². The van der Waals surface area contributed by atoms with Crippen molar-refractivity contribution >= 4 is 42.4 Å². The van der Waals surface area contributed by atoms with Crippen LogP contribution in [0.3, 0.4) is 0 Å². The SMILES string of the molecule is CC(C)(C)OC(=O)NCC1O[C@H](OC2C(O)[C@@H](O[C@H]3OC(COC(=O)CCC(=O)O)[C@@H](O)[C@H](NC(=O)OC(C)(C)C)C3O)[C@H](NC(=O)OC(C)(C)C)C[C@@H]2NC(=O)OC(C)(C)C)C(NC(=O)OC(C)(C)C)C[C@@H]1O. The van der Waals surface area contributed by atoms with Crippen LogP contribution in [0.25, 0.3) is 0 Å². The fourth-order valence-electron chi connectivity index (χ4n) is 7.60. The molecule has 0 aromatic carbocycles. The molecule has 0 radical (unpaired) electrons. The third-order valence-electron chi connectivity index (χ3n) is 10.4. The molecule has 5 amide bonds. The Balaban J connectivity index is 2.19. The molecule has 1 aliphatic carbocycles. The van der Waals surface area contributed by atoms with Gasteiger partial charge in [0.2, 0.25) is 0 Å². The minimum atomic E-state index is -2.05. The van der Waals surface area contributed by atoms with Crippen LogP contribution in [0.1, 0.15) is 130 Å². The molecule has 2 saturated heterocycles. The molecule has 0 aromatic rings. The van der Waals surface area contributed by atoms with Crippen molar-refractivity contribution in [3.8, 4) is 0 Å². The standard InChI is InChI=1S/C47H81N5O22/c1-43(2,3)70-38(60)48-20-26-25(53)19-24(51-41(63)73-46(10,11)12)36(66-26)68-34-22(49-39(61)71-44(4,5)6)18-23(50-40(62)72-45(7,8)9)35(33(34)59)69-37-32(58)30(52-42(64)74-47(13,14)15)31(57)27(67-37)21-65-29(56)17-16-28(54)55/h22-27,30-37,53,57-59H,16-21H2,1-15H3,(H,48,60)(H,49,61)(H,50,62)(H,51,63)(H,52,64)(H,54,55)/t22-,23+,24?,25-,26?,27?,30-,31+,32?,33?,34?,35-,36+,37+/m0/s1. The molecule has 74 heavy (non-hydrogen) atoms. The monoisotopic (exact) mass is 1070 g/mol. The minimum absolute atomic E-state index is 0.293. The quantitative estimate of drug-likeness (QED) is 0.0827. The van der Waals surface area contributed by atoms with Crippen molar-refractivity contribution in [3.63, 3.8) is 0 Å². The summed E-state index contributed by atoms with van der Waals surface area (Å²) in [7, 11) is 0. The van der Waals surface area contributed by atoms with E-state index in [1.165, 1.54) is 0 Å². The summed E-state index contributed by atoms with van der Waals surface area (Å²) in [5, 5.41) is 69.1. The van der Waals surface area contributed by atoms with Gasteiger partial charge in [-0.05, 0) is 110 Å². The molecule has 2 heterocycles. The van der Waals surface area contributed by atoms with Crippen LogP contribution in [0.5, 0.6) is 0 Å². The largest absolute Gasteiger partial charge is 0.481 e. The molecule has 0 aromatic heterocycles. The van der Waals surface area contributed by atoms with E-state index in [4.69, 9.17) is 52.5 Å². The van der Waals surface area contributed by atoms with Gasteiger partial charge in [-0.3, -0.25) is 9.59 Å². The Bertz CT molecular complexity index is 1920. The molecule has 10 N–H and O–H groups in total. The first kappa shape index (κ1) is 63.3. The molecule has 2 aliphatic heterocycles. The molecular weight excluding hydrogens is 987 g/mol. The number of ether oxygens (including phenoxy) is 10. The lowest BCUT2D eigenvalue weighted by Crippen LogP contribution is -2.70. The van der Waals surface area contributed by atoms with E-state index < -0.39 is 182 Å². The first-order valence-corrected chi connectivity index (χ1v) is 24.4. The second-order valence-corrected chi connectivity index (χ2v) is 23.2. The number of amides is 5. The maximum Gasteiger partial charge on any atom is 0.408 e. The maximum atomic E-state index is 13.6. The summed E-state index contributed by atoms with van der Waals surface area (Å²) in [4.78, 5) is 89.9. The van der Waals surface area contributed by atoms with Gasteiger partial charge in [-0.15, -0.1) is 0 Å². The van der Waals surface area contributed by atoms with E-state index in [-0.39, 0.29) is 13.0 Å². The zero-order valence-corrected chi connectivity index (χ0v) is 45.0. The van der Waals surface area contributed by atoms with E-state index in [0.717, 1.165) is 0 Å². The Labute approximate surface area is 430 Å². The van der Waals surface area contributed by atoms with Gasteiger partial charge in [-0.25, -0.2) is 24.0 Å². The molecule has 14 atom stereocenters. The van der Waals surface area contributed by atoms with Gasteiger partial charge >= 0.3 is 42.4 Å². The topological polar surface area (TPSA) is 373 Å². The van der Waals surface area contributed by atoms with Gasteiger partial charge in [-0.1, -0.05) is 0 Å². The molecule has 1 saturated carbocycles. The zero-order chi connectivity index (χ0) is 56.5. The summed E-state index contributed by atoms with van der Waals surface area (Å²) >= 11 is 0. The van der Waals surface area contributed by atoms with Gasteiger partial charge in [0.15, 0.2) is 12.6 Å². The van der Waals surface area contributed by atoms with Crippen LogP contribution in [0, 0.1) is 0 Å². The summed E-state index contributed by atoms with van der Waals surface area (Å²) in [6.07, 6.45) is -24.2. The minimum Gasteiger partial charge on any atom is -0.481 e. The molecule has 27 nitrogen and oxygen atoms in total. The van der Waals surface area contributed by atoms with Crippen molar-refractivity contribution in [1.29, 1.82) is 0 Å². The predicted octanol–water partition coefficient (Wildman–Crippen LogP) is 1.95. The van der Waals surface area contributed by atoms with Crippen molar-refractivity contribution in [2.45, 2.75) is 243 Å². The highest BCUT2D eigenvalue weighted by Crippen LogP contribution is 2.34. The molecule has 0 bridgehead atoms. The van der Waals surface area contributed by atoms with Crippen molar-refractivity contribution < 1.29 is 106 Å².